The van der Waals surface area contributed by atoms with Crippen LogP contribution in [-0.2, 0) is 9.47 Å². The van der Waals surface area contributed by atoms with E-state index in [1.807, 2.05) is 18.3 Å². The van der Waals surface area contributed by atoms with Gasteiger partial charge in [-0.05, 0) is 25.3 Å². The highest BCUT2D eigenvalue weighted by Crippen LogP contribution is 2.56. The van der Waals surface area contributed by atoms with Gasteiger partial charge in [-0.1, -0.05) is 19.4 Å². The number of hydrogen-bond donors (Lipinski definition) is 2. The largest absolute Gasteiger partial charge is 0.343 e. The Morgan fingerprint density at radius 2 is 2.15 bits per heavy atom. The Balaban J connectivity index is 1.58. The summed E-state index contributed by atoms with van der Waals surface area (Å²) in [7, 11) is 0. The van der Waals surface area contributed by atoms with Crippen molar-refractivity contribution in [3.8, 4) is 0 Å². The molecule has 2 aromatic heterocycles. The second-order valence-electron chi connectivity index (χ2n) is 8.31. The lowest BCUT2D eigenvalue weighted by atomic mass is 9.86. The highest BCUT2D eigenvalue weighted by Gasteiger charge is 2.61. The number of rotatable bonds is 2. The molecule has 138 valence electrons. The molecular formula is C20H26N4O2. The van der Waals surface area contributed by atoms with E-state index in [-0.39, 0.29) is 23.7 Å². The molecule has 3 fully saturated rings. The topological polar surface area (TPSA) is 75.9 Å². The summed E-state index contributed by atoms with van der Waals surface area (Å²) in [6, 6.07) is 2.10. The highest BCUT2D eigenvalue weighted by molar-refractivity contribution is 5.74. The van der Waals surface area contributed by atoms with E-state index in [1.54, 1.807) is 6.33 Å². The summed E-state index contributed by atoms with van der Waals surface area (Å²) < 4.78 is 15.4. The Kier molecular flexibility index (Phi) is 3.46. The number of nitrogens with zero attached hydrogens (tertiary/aromatic N) is 2. The molecular weight excluding hydrogens is 328 g/mol. The average Bonchev–Trinajstić information content (AvgIpc) is 3.30. The predicted octanol–water partition coefficient (Wildman–Crippen LogP) is 3.43. The average molecular weight is 354 g/mol. The van der Waals surface area contributed by atoms with Gasteiger partial charge < -0.3 is 19.0 Å². The van der Waals surface area contributed by atoms with Gasteiger partial charge in [-0.25, -0.2) is 4.98 Å². The first-order chi connectivity index (χ1) is 12.6. The van der Waals surface area contributed by atoms with Crippen LogP contribution in [0, 0.1) is 10.8 Å². The Morgan fingerprint density at radius 3 is 2.92 bits per heavy atom. The molecule has 6 heteroatoms. The number of fused-ring (bicyclic) bond motifs is 2. The van der Waals surface area contributed by atoms with Gasteiger partial charge in [-0.15, -0.1) is 6.58 Å². The fourth-order valence-corrected chi connectivity index (χ4v) is 5.17. The van der Waals surface area contributed by atoms with E-state index < -0.39 is 5.79 Å². The van der Waals surface area contributed by atoms with Crippen molar-refractivity contribution < 1.29 is 9.47 Å². The number of aromatic nitrogens is 3. The van der Waals surface area contributed by atoms with E-state index >= 15 is 0 Å². The summed E-state index contributed by atoms with van der Waals surface area (Å²) in [4.78, 5) is 7.37. The van der Waals surface area contributed by atoms with Gasteiger partial charge in [0.05, 0.1) is 23.9 Å². The summed E-state index contributed by atoms with van der Waals surface area (Å²) in [6.45, 7) is 6.33. The van der Waals surface area contributed by atoms with E-state index in [0.717, 1.165) is 30.3 Å². The minimum atomic E-state index is -0.415. The second kappa shape index (κ2) is 5.54. The first-order valence-electron chi connectivity index (χ1n) is 9.63. The zero-order valence-electron chi connectivity index (χ0n) is 15.2. The molecule has 26 heavy (non-hydrogen) atoms. The maximum Gasteiger partial charge on any atom is 0.169 e. The quantitative estimate of drug-likeness (QED) is 0.811. The number of hydrogen-bond acceptors (Lipinski definition) is 4. The molecule has 4 atom stereocenters. The number of H-pyrrole nitrogens is 1. The van der Waals surface area contributed by atoms with Gasteiger partial charge in [0, 0.05) is 24.5 Å². The van der Waals surface area contributed by atoms with Crippen LogP contribution in [0.4, 0.5) is 0 Å². The molecule has 5 rings (SSSR count). The molecule has 3 aliphatic rings. The molecule has 6 nitrogen and oxygen atoms in total. The summed E-state index contributed by atoms with van der Waals surface area (Å²) in [5.41, 5.74) is 1.10. The van der Waals surface area contributed by atoms with Gasteiger partial charge >= 0.3 is 0 Å². The molecule has 3 heterocycles. The van der Waals surface area contributed by atoms with Crippen LogP contribution in [-0.4, -0.2) is 32.5 Å². The molecule has 1 aliphatic heterocycles. The van der Waals surface area contributed by atoms with Gasteiger partial charge in [0.15, 0.2) is 5.79 Å². The zero-order valence-corrected chi connectivity index (χ0v) is 15.2. The minimum absolute atomic E-state index is 0.00753. The summed E-state index contributed by atoms with van der Waals surface area (Å²) in [6.07, 6.45) is 12.1. The molecule has 1 spiro atoms. The number of nitrogens with one attached hydrogen (secondary N) is 2. The molecule has 2 aliphatic carbocycles. The Labute approximate surface area is 152 Å². The molecule has 0 aromatic carbocycles. The Morgan fingerprint density at radius 1 is 1.35 bits per heavy atom. The fraction of sp³-hybridized carbons (Fsp3) is 0.600. The monoisotopic (exact) mass is 354 g/mol. The maximum atomic E-state index is 8.08. The summed E-state index contributed by atoms with van der Waals surface area (Å²) >= 11 is 0. The van der Waals surface area contributed by atoms with Crippen molar-refractivity contribution in [2.45, 2.75) is 69.5 Å². The minimum Gasteiger partial charge on any atom is -0.343 e. The standard InChI is InChI=1S/C20H26N4O2/c1-3-19(2)11-14(24-10-7-13-17(21)22-12-23-18(13)24)15-16(19)26-20(25-15)8-5-4-6-9-20/h3,7,10,12,14-16H,1,4-6,8-9,11H2,2H3,(H2,21,22,23)/t14-,15+,16+,19+/m1/s1. The van der Waals surface area contributed by atoms with Gasteiger partial charge in [0.25, 0.3) is 0 Å². The van der Waals surface area contributed by atoms with E-state index in [9.17, 15) is 0 Å². The van der Waals surface area contributed by atoms with Crippen LogP contribution in [0.5, 0.6) is 0 Å². The number of aromatic amines is 1. The zero-order chi connectivity index (χ0) is 17.9. The molecule has 0 unspecified atom stereocenters. The van der Waals surface area contributed by atoms with Crippen molar-refractivity contribution in [3.63, 3.8) is 0 Å². The van der Waals surface area contributed by atoms with Gasteiger partial charge in [0.2, 0.25) is 0 Å². The van der Waals surface area contributed by atoms with Crippen LogP contribution >= 0.6 is 0 Å². The lowest BCUT2D eigenvalue weighted by molar-refractivity contribution is -0.208. The molecule has 0 radical (unpaired) electrons. The third-order valence-corrected chi connectivity index (χ3v) is 6.66. The van der Waals surface area contributed by atoms with E-state index in [2.05, 4.69) is 28.0 Å². The van der Waals surface area contributed by atoms with Crippen LogP contribution in [0.3, 0.4) is 0 Å². The third-order valence-electron chi connectivity index (χ3n) is 6.66. The highest BCUT2D eigenvalue weighted by atomic mass is 16.8. The SMILES string of the molecule is C=C[C@@]1(C)C[C@@H](n2ccc3c(=N)[nH]cnc32)[C@@H]2OC3(CCCCC3)O[C@@H]21. The van der Waals surface area contributed by atoms with Crippen LogP contribution in [0.25, 0.3) is 11.0 Å². The van der Waals surface area contributed by atoms with Crippen molar-refractivity contribution >= 4 is 11.0 Å². The lowest BCUT2D eigenvalue weighted by Crippen LogP contribution is -2.37. The van der Waals surface area contributed by atoms with Crippen molar-refractivity contribution in [2.75, 3.05) is 0 Å². The first kappa shape index (κ1) is 16.3. The molecule has 2 aromatic rings. The third kappa shape index (κ3) is 2.18. The molecule has 1 saturated heterocycles. The van der Waals surface area contributed by atoms with Crippen LogP contribution in [0.1, 0.15) is 51.5 Å². The summed E-state index contributed by atoms with van der Waals surface area (Å²) in [5.74, 6) is -0.415. The molecule has 0 bridgehead atoms. The van der Waals surface area contributed by atoms with Crippen LogP contribution in [0.2, 0.25) is 0 Å². The van der Waals surface area contributed by atoms with E-state index in [4.69, 9.17) is 14.9 Å². The van der Waals surface area contributed by atoms with Crippen molar-refractivity contribution in [1.82, 2.24) is 14.5 Å². The predicted molar refractivity (Wildman–Crippen MR) is 97.5 cm³/mol. The first-order valence-corrected chi connectivity index (χ1v) is 9.63. The van der Waals surface area contributed by atoms with Gasteiger partial charge in [-0.2, -0.15) is 0 Å². The maximum absolute atomic E-state index is 8.08. The van der Waals surface area contributed by atoms with Gasteiger partial charge in [0.1, 0.15) is 17.2 Å². The summed E-state index contributed by atoms with van der Waals surface area (Å²) in [5, 5.41) is 8.92. The van der Waals surface area contributed by atoms with E-state index in [0.29, 0.717) is 5.49 Å². The molecule has 2 saturated carbocycles. The number of ether oxygens (including phenoxy) is 2. The second-order valence-corrected chi connectivity index (χ2v) is 8.31. The molecule has 0 amide bonds. The van der Waals surface area contributed by atoms with Crippen molar-refractivity contribution in [1.29, 1.82) is 5.41 Å². The van der Waals surface area contributed by atoms with Crippen LogP contribution in [0.15, 0.2) is 31.2 Å². The Hall–Kier alpha value is -1.92. The van der Waals surface area contributed by atoms with Crippen molar-refractivity contribution in [2.24, 2.45) is 5.41 Å². The van der Waals surface area contributed by atoms with E-state index in [1.165, 1.54) is 19.3 Å². The lowest BCUT2D eigenvalue weighted by Gasteiger charge is -2.35. The fourth-order valence-electron chi connectivity index (χ4n) is 5.17. The Bertz CT molecular complexity index is 910. The van der Waals surface area contributed by atoms with Gasteiger partial charge in [-0.3, -0.25) is 5.41 Å². The van der Waals surface area contributed by atoms with Crippen molar-refractivity contribution in [3.05, 3.63) is 36.7 Å². The normalized spacial score (nSPS) is 35.8. The molecule has 2 N–H and O–H groups in total. The smallest absolute Gasteiger partial charge is 0.169 e. The van der Waals surface area contributed by atoms with Crippen LogP contribution < -0.4 is 5.49 Å².